The zero-order valence-electron chi connectivity index (χ0n) is 12.7. The lowest BCUT2D eigenvalue weighted by molar-refractivity contribution is -0.118. The molecule has 4 heteroatoms. The van der Waals surface area contributed by atoms with E-state index in [0.29, 0.717) is 11.5 Å². The minimum atomic E-state index is -0.314. The average Bonchev–Trinajstić information content (AvgIpc) is 2.55. The Labute approximate surface area is 131 Å². The maximum atomic E-state index is 12.3. The maximum Gasteiger partial charge on any atom is 0.262 e. The summed E-state index contributed by atoms with van der Waals surface area (Å²) in [7, 11) is 0. The van der Waals surface area contributed by atoms with Crippen LogP contribution in [-0.4, -0.2) is 11.9 Å². The monoisotopic (exact) mass is 293 g/mol. The zero-order valence-corrected chi connectivity index (χ0v) is 12.7. The number of amides is 1. The SMILES string of the molecule is C[C@@H]1CCCC[C@H]1NC(=O)/C(C#N)=C/c1ccc(C#N)cc1. The highest BCUT2D eigenvalue weighted by atomic mass is 16.1. The first-order valence-corrected chi connectivity index (χ1v) is 7.57. The summed E-state index contributed by atoms with van der Waals surface area (Å²) in [6.07, 6.45) is 5.98. The van der Waals surface area contributed by atoms with Crippen LogP contribution in [-0.2, 0) is 4.79 Å². The molecule has 0 spiro atoms. The van der Waals surface area contributed by atoms with Crippen LogP contribution in [0.5, 0.6) is 0 Å². The number of nitrogens with zero attached hydrogens (tertiary/aromatic N) is 2. The third-order valence-corrected chi connectivity index (χ3v) is 4.14. The van der Waals surface area contributed by atoms with Crippen molar-refractivity contribution in [3.05, 3.63) is 41.0 Å². The predicted octanol–water partition coefficient (Wildman–Crippen LogP) is 3.16. The number of hydrogen-bond donors (Lipinski definition) is 1. The van der Waals surface area contributed by atoms with E-state index in [-0.39, 0.29) is 17.5 Å². The van der Waals surface area contributed by atoms with E-state index in [0.717, 1.165) is 24.8 Å². The molecule has 1 aliphatic carbocycles. The molecule has 0 aromatic heterocycles. The molecule has 2 atom stereocenters. The van der Waals surface area contributed by atoms with Crippen LogP contribution >= 0.6 is 0 Å². The first kappa shape index (κ1) is 15.8. The topological polar surface area (TPSA) is 76.7 Å². The third-order valence-electron chi connectivity index (χ3n) is 4.14. The molecule has 22 heavy (non-hydrogen) atoms. The molecule has 1 N–H and O–H groups in total. The summed E-state index contributed by atoms with van der Waals surface area (Å²) < 4.78 is 0. The van der Waals surface area contributed by atoms with Gasteiger partial charge in [0.05, 0.1) is 11.6 Å². The fourth-order valence-corrected chi connectivity index (χ4v) is 2.75. The van der Waals surface area contributed by atoms with Gasteiger partial charge >= 0.3 is 0 Å². The molecule has 0 saturated heterocycles. The van der Waals surface area contributed by atoms with E-state index in [2.05, 4.69) is 12.2 Å². The van der Waals surface area contributed by atoms with E-state index in [9.17, 15) is 10.1 Å². The van der Waals surface area contributed by atoms with E-state index in [1.807, 2.05) is 12.1 Å². The van der Waals surface area contributed by atoms with Gasteiger partial charge in [0.15, 0.2) is 0 Å². The van der Waals surface area contributed by atoms with E-state index in [1.54, 1.807) is 30.3 Å². The van der Waals surface area contributed by atoms with Crippen molar-refractivity contribution in [3.63, 3.8) is 0 Å². The molecular weight excluding hydrogens is 274 g/mol. The maximum absolute atomic E-state index is 12.3. The van der Waals surface area contributed by atoms with Gasteiger partial charge in [0.1, 0.15) is 11.6 Å². The first-order chi connectivity index (χ1) is 10.6. The van der Waals surface area contributed by atoms with Crippen molar-refractivity contribution in [3.8, 4) is 12.1 Å². The quantitative estimate of drug-likeness (QED) is 0.687. The predicted molar refractivity (Wildman–Crippen MR) is 84.3 cm³/mol. The summed E-state index contributed by atoms with van der Waals surface area (Å²) in [6, 6.07) is 11.0. The Bertz CT molecular complexity index is 646. The molecule has 0 radical (unpaired) electrons. The molecule has 0 aliphatic heterocycles. The standard InChI is InChI=1S/C18H19N3O/c1-13-4-2-3-5-17(13)21-18(22)16(12-20)10-14-6-8-15(11-19)9-7-14/h6-10,13,17H,2-5H2,1H3,(H,21,22)/b16-10+/t13-,17-/m1/s1. The highest BCUT2D eigenvalue weighted by molar-refractivity contribution is 6.01. The molecule has 0 unspecified atom stereocenters. The van der Waals surface area contributed by atoms with Crippen LogP contribution in [0.4, 0.5) is 0 Å². The minimum Gasteiger partial charge on any atom is -0.348 e. The molecule has 4 nitrogen and oxygen atoms in total. The second-order valence-corrected chi connectivity index (χ2v) is 5.75. The molecule has 112 valence electrons. The van der Waals surface area contributed by atoms with Gasteiger partial charge in [-0.15, -0.1) is 0 Å². The van der Waals surface area contributed by atoms with Crippen molar-refractivity contribution in [2.75, 3.05) is 0 Å². The van der Waals surface area contributed by atoms with Gasteiger partial charge in [-0.3, -0.25) is 4.79 Å². The lowest BCUT2D eigenvalue weighted by Gasteiger charge is -2.29. The van der Waals surface area contributed by atoms with E-state index in [1.165, 1.54) is 6.42 Å². The van der Waals surface area contributed by atoms with Crippen LogP contribution in [0.15, 0.2) is 29.8 Å². The van der Waals surface area contributed by atoms with Gasteiger partial charge in [-0.1, -0.05) is 31.9 Å². The number of hydrogen-bond acceptors (Lipinski definition) is 3. The zero-order chi connectivity index (χ0) is 15.9. The summed E-state index contributed by atoms with van der Waals surface area (Å²) in [5, 5.41) is 21.0. The van der Waals surface area contributed by atoms with Crippen LogP contribution < -0.4 is 5.32 Å². The van der Waals surface area contributed by atoms with Crippen LogP contribution in [0.25, 0.3) is 6.08 Å². The second-order valence-electron chi connectivity index (χ2n) is 5.75. The lowest BCUT2D eigenvalue weighted by atomic mass is 9.86. The van der Waals surface area contributed by atoms with E-state index in [4.69, 9.17) is 5.26 Å². The molecule has 2 rings (SSSR count). The Morgan fingerprint density at radius 3 is 2.50 bits per heavy atom. The Morgan fingerprint density at radius 2 is 1.91 bits per heavy atom. The summed E-state index contributed by atoms with van der Waals surface area (Å²) in [5.41, 5.74) is 1.39. The van der Waals surface area contributed by atoms with Gasteiger partial charge in [0, 0.05) is 6.04 Å². The Kier molecular flexibility index (Phi) is 5.33. The van der Waals surface area contributed by atoms with E-state index < -0.39 is 0 Å². The molecule has 1 aliphatic rings. The summed E-state index contributed by atoms with van der Waals surface area (Å²) >= 11 is 0. The molecule has 0 heterocycles. The smallest absolute Gasteiger partial charge is 0.262 e. The second kappa shape index (κ2) is 7.43. The van der Waals surface area contributed by atoms with Crippen molar-refractivity contribution in [1.29, 1.82) is 10.5 Å². The lowest BCUT2D eigenvalue weighted by Crippen LogP contribution is -2.41. The molecule has 1 fully saturated rings. The van der Waals surface area contributed by atoms with E-state index >= 15 is 0 Å². The van der Waals surface area contributed by atoms with Crippen molar-refractivity contribution in [2.24, 2.45) is 5.92 Å². The highest BCUT2D eigenvalue weighted by Gasteiger charge is 2.23. The normalized spacial score (nSPS) is 21.5. The summed E-state index contributed by atoms with van der Waals surface area (Å²) in [6.45, 7) is 2.14. The molecule has 1 amide bonds. The first-order valence-electron chi connectivity index (χ1n) is 7.57. The molecule has 0 bridgehead atoms. The van der Waals surface area contributed by atoms with Crippen LogP contribution in [0.1, 0.15) is 43.7 Å². The van der Waals surface area contributed by atoms with Crippen molar-refractivity contribution < 1.29 is 4.79 Å². The number of carbonyl (C=O) groups excluding carboxylic acids is 1. The Morgan fingerprint density at radius 1 is 1.23 bits per heavy atom. The van der Waals surface area contributed by atoms with Crippen LogP contribution in [0.2, 0.25) is 0 Å². The van der Waals surface area contributed by atoms with Gasteiger partial charge < -0.3 is 5.32 Å². The van der Waals surface area contributed by atoms with Gasteiger partial charge in [-0.2, -0.15) is 10.5 Å². The van der Waals surface area contributed by atoms with Crippen LogP contribution in [0, 0.1) is 28.6 Å². The van der Waals surface area contributed by atoms with Crippen molar-refractivity contribution >= 4 is 12.0 Å². The van der Waals surface area contributed by atoms with Gasteiger partial charge in [-0.05, 0) is 42.5 Å². The molecular formula is C18H19N3O. The van der Waals surface area contributed by atoms with Crippen molar-refractivity contribution in [1.82, 2.24) is 5.32 Å². The molecule has 1 aromatic carbocycles. The Balaban J connectivity index is 2.09. The van der Waals surface area contributed by atoms with Gasteiger partial charge in [0.2, 0.25) is 0 Å². The summed E-state index contributed by atoms with van der Waals surface area (Å²) in [5.74, 6) is 0.137. The van der Waals surface area contributed by atoms with Crippen molar-refractivity contribution in [2.45, 2.75) is 38.6 Å². The Hall–Kier alpha value is -2.59. The fraction of sp³-hybridized carbons (Fsp3) is 0.389. The number of nitrogens with one attached hydrogen (secondary N) is 1. The van der Waals surface area contributed by atoms with Crippen LogP contribution in [0.3, 0.4) is 0 Å². The van der Waals surface area contributed by atoms with Gasteiger partial charge in [0.25, 0.3) is 5.91 Å². The largest absolute Gasteiger partial charge is 0.348 e. The number of nitriles is 2. The molecule has 1 saturated carbocycles. The highest BCUT2D eigenvalue weighted by Crippen LogP contribution is 2.24. The summed E-state index contributed by atoms with van der Waals surface area (Å²) in [4.78, 5) is 12.3. The fourth-order valence-electron chi connectivity index (χ4n) is 2.75. The van der Waals surface area contributed by atoms with Gasteiger partial charge in [-0.25, -0.2) is 0 Å². The minimum absolute atomic E-state index is 0.0995. The number of benzene rings is 1. The number of rotatable bonds is 3. The number of carbonyl (C=O) groups is 1. The molecule has 1 aromatic rings. The third kappa shape index (κ3) is 3.96. The average molecular weight is 293 g/mol.